The molecule has 3 rings (SSSR count). The van der Waals surface area contributed by atoms with Crippen LogP contribution in [0.3, 0.4) is 0 Å². The quantitative estimate of drug-likeness (QED) is 0.802. The Labute approximate surface area is 135 Å². The number of fused-ring (bicyclic) bond motifs is 1. The summed E-state index contributed by atoms with van der Waals surface area (Å²) in [7, 11) is 0. The SMILES string of the molecule is Cc1ccc2nc(C)cc(C(=O)NC(C)c3cccnc3)c2c1. The van der Waals surface area contributed by atoms with E-state index in [1.807, 2.05) is 57.2 Å². The summed E-state index contributed by atoms with van der Waals surface area (Å²) in [5.41, 5.74) is 4.42. The van der Waals surface area contributed by atoms with Gasteiger partial charge in [0.25, 0.3) is 5.91 Å². The van der Waals surface area contributed by atoms with E-state index in [2.05, 4.69) is 15.3 Å². The van der Waals surface area contributed by atoms with Crippen molar-refractivity contribution in [1.29, 1.82) is 0 Å². The fourth-order valence-electron chi connectivity index (χ4n) is 2.65. The molecule has 1 aromatic carbocycles. The highest BCUT2D eigenvalue weighted by atomic mass is 16.1. The van der Waals surface area contributed by atoms with E-state index in [9.17, 15) is 4.79 Å². The van der Waals surface area contributed by atoms with Crippen molar-refractivity contribution in [2.75, 3.05) is 0 Å². The van der Waals surface area contributed by atoms with E-state index in [-0.39, 0.29) is 11.9 Å². The molecule has 0 spiro atoms. The van der Waals surface area contributed by atoms with Crippen LogP contribution in [0.2, 0.25) is 0 Å². The van der Waals surface area contributed by atoms with E-state index in [4.69, 9.17) is 0 Å². The van der Waals surface area contributed by atoms with Crippen LogP contribution in [0.25, 0.3) is 10.9 Å². The highest BCUT2D eigenvalue weighted by molar-refractivity contribution is 6.06. The minimum Gasteiger partial charge on any atom is -0.345 e. The first kappa shape index (κ1) is 15.2. The lowest BCUT2D eigenvalue weighted by molar-refractivity contribution is 0.0941. The number of benzene rings is 1. The topological polar surface area (TPSA) is 54.9 Å². The summed E-state index contributed by atoms with van der Waals surface area (Å²) in [6.45, 7) is 5.87. The Balaban J connectivity index is 1.96. The van der Waals surface area contributed by atoms with Gasteiger partial charge in [-0.05, 0) is 50.6 Å². The Hall–Kier alpha value is -2.75. The number of carbonyl (C=O) groups excluding carboxylic acids is 1. The molecule has 1 amide bonds. The molecule has 4 nitrogen and oxygen atoms in total. The van der Waals surface area contributed by atoms with Gasteiger partial charge in [-0.1, -0.05) is 17.7 Å². The van der Waals surface area contributed by atoms with Crippen LogP contribution in [-0.2, 0) is 0 Å². The third-order valence-corrected chi connectivity index (χ3v) is 3.87. The maximum absolute atomic E-state index is 12.7. The molecule has 1 unspecified atom stereocenters. The van der Waals surface area contributed by atoms with Gasteiger partial charge in [-0.15, -0.1) is 0 Å². The average molecular weight is 305 g/mol. The summed E-state index contributed by atoms with van der Waals surface area (Å²) in [6.07, 6.45) is 3.49. The van der Waals surface area contributed by atoms with Gasteiger partial charge in [-0.25, -0.2) is 0 Å². The molecule has 23 heavy (non-hydrogen) atoms. The van der Waals surface area contributed by atoms with Gasteiger partial charge in [0.1, 0.15) is 0 Å². The number of hydrogen-bond acceptors (Lipinski definition) is 3. The lowest BCUT2D eigenvalue weighted by Crippen LogP contribution is -2.27. The minimum atomic E-state index is -0.107. The van der Waals surface area contributed by atoms with Gasteiger partial charge >= 0.3 is 0 Å². The van der Waals surface area contributed by atoms with Crippen molar-refractivity contribution in [3.8, 4) is 0 Å². The Morgan fingerprint density at radius 2 is 2.00 bits per heavy atom. The van der Waals surface area contributed by atoms with Crippen molar-refractivity contribution >= 4 is 16.8 Å². The Bertz CT molecular complexity index is 859. The fraction of sp³-hybridized carbons (Fsp3) is 0.211. The molecule has 1 N–H and O–H groups in total. The first-order valence-corrected chi connectivity index (χ1v) is 7.63. The van der Waals surface area contributed by atoms with E-state index in [0.29, 0.717) is 5.56 Å². The summed E-state index contributed by atoms with van der Waals surface area (Å²) < 4.78 is 0. The molecule has 0 fully saturated rings. The summed E-state index contributed by atoms with van der Waals surface area (Å²) in [6, 6.07) is 11.5. The largest absolute Gasteiger partial charge is 0.345 e. The van der Waals surface area contributed by atoms with Crippen LogP contribution in [0.15, 0.2) is 48.8 Å². The van der Waals surface area contributed by atoms with Crippen molar-refractivity contribution in [1.82, 2.24) is 15.3 Å². The van der Waals surface area contributed by atoms with E-state index in [1.165, 1.54) is 0 Å². The number of pyridine rings is 2. The van der Waals surface area contributed by atoms with Crippen LogP contribution in [0.1, 0.15) is 40.1 Å². The predicted octanol–water partition coefficient (Wildman–Crippen LogP) is 3.74. The number of rotatable bonds is 3. The molecule has 1 atom stereocenters. The number of hydrogen-bond donors (Lipinski definition) is 1. The maximum atomic E-state index is 12.7. The molecule has 0 aliphatic rings. The van der Waals surface area contributed by atoms with Gasteiger partial charge in [0.2, 0.25) is 0 Å². The van der Waals surface area contributed by atoms with Gasteiger partial charge in [0.15, 0.2) is 0 Å². The average Bonchev–Trinajstić information content (AvgIpc) is 2.55. The summed E-state index contributed by atoms with van der Waals surface area (Å²) in [5.74, 6) is -0.0950. The molecule has 0 saturated heterocycles. The second-order valence-corrected chi connectivity index (χ2v) is 5.81. The highest BCUT2D eigenvalue weighted by Crippen LogP contribution is 2.21. The minimum absolute atomic E-state index is 0.0950. The fourth-order valence-corrected chi connectivity index (χ4v) is 2.65. The summed E-state index contributed by atoms with van der Waals surface area (Å²) in [4.78, 5) is 21.4. The number of nitrogens with zero attached hydrogens (tertiary/aromatic N) is 2. The molecule has 0 bridgehead atoms. The number of amides is 1. The standard InChI is InChI=1S/C19H19N3O/c1-12-6-7-18-16(9-12)17(10-13(2)21-18)19(23)22-14(3)15-5-4-8-20-11-15/h4-11,14H,1-3H3,(H,22,23). The molecular weight excluding hydrogens is 286 g/mol. The highest BCUT2D eigenvalue weighted by Gasteiger charge is 2.15. The van der Waals surface area contributed by atoms with Gasteiger partial charge in [-0.2, -0.15) is 0 Å². The Morgan fingerprint density at radius 1 is 1.17 bits per heavy atom. The third kappa shape index (κ3) is 3.21. The molecule has 3 aromatic rings. The van der Waals surface area contributed by atoms with Gasteiger partial charge < -0.3 is 5.32 Å². The maximum Gasteiger partial charge on any atom is 0.252 e. The molecule has 116 valence electrons. The van der Waals surface area contributed by atoms with Gasteiger partial charge in [0, 0.05) is 23.5 Å². The van der Waals surface area contributed by atoms with E-state index in [0.717, 1.165) is 27.7 Å². The third-order valence-electron chi connectivity index (χ3n) is 3.87. The zero-order valence-electron chi connectivity index (χ0n) is 13.5. The number of aryl methyl sites for hydroxylation is 2. The van der Waals surface area contributed by atoms with E-state index in [1.54, 1.807) is 12.4 Å². The molecular formula is C19H19N3O. The van der Waals surface area contributed by atoms with E-state index >= 15 is 0 Å². The second-order valence-electron chi connectivity index (χ2n) is 5.81. The summed E-state index contributed by atoms with van der Waals surface area (Å²) in [5, 5.41) is 3.93. The predicted molar refractivity (Wildman–Crippen MR) is 91.3 cm³/mol. The first-order chi connectivity index (χ1) is 11.0. The molecule has 2 aromatic heterocycles. The van der Waals surface area contributed by atoms with E-state index < -0.39 is 0 Å². The zero-order valence-corrected chi connectivity index (χ0v) is 13.5. The monoisotopic (exact) mass is 305 g/mol. The molecule has 2 heterocycles. The number of carbonyl (C=O) groups is 1. The van der Waals surface area contributed by atoms with Crippen molar-refractivity contribution < 1.29 is 4.79 Å². The van der Waals surface area contributed by atoms with Crippen molar-refractivity contribution in [2.45, 2.75) is 26.8 Å². The first-order valence-electron chi connectivity index (χ1n) is 7.63. The van der Waals surface area contributed by atoms with Crippen LogP contribution < -0.4 is 5.32 Å². The molecule has 4 heteroatoms. The van der Waals surface area contributed by atoms with Crippen LogP contribution in [0.5, 0.6) is 0 Å². The Kier molecular flexibility index (Phi) is 4.06. The van der Waals surface area contributed by atoms with Gasteiger partial charge in [0.05, 0.1) is 17.1 Å². The normalized spacial score (nSPS) is 12.1. The lowest BCUT2D eigenvalue weighted by Gasteiger charge is -2.15. The Morgan fingerprint density at radius 3 is 2.74 bits per heavy atom. The zero-order chi connectivity index (χ0) is 16.4. The number of nitrogens with one attached hydrogen (secondary N) is 1. The molecule has 0 radical (unpaired) electrons. The molecule has 0 aliphatic heterocycles. The summed E-state index contributed by atoms with van der Waals surface area (Å²) >= 11 is 0. The van der Waals surface area contributed by atoms with Gasteiger partial charge in [-0.3, -0.25) is 14.8 Å². The van der Waals surface area contributed by atoms with Crippen LogP contribution in [0.4, 0.5) is 0 Å². The van der Waals surface area contributed by atoms with Crippen LogP contribution in [0, 0.1) is 13.8 Å². The molecule has 0 saturated carbocycles. The van der Waals surface area contributed by atoms with Crippen molar-refractivity contribution in [3.05, 3.63) is 71.2 Å². The lowest BCUT2D eigenvalue weighted by atomic mass is 10.0. The van der Waals surface area contributed by atoms with Crippen LogP contribution >= 0.6 is 0 Å². The van der Waals surface area contributed by atoms with Crippen molar-refractivity contribution in [2.24, 2.45) is 0 Å². The van der Waals surface area contributed by atoms with Crippen LogP contribution in [-0.4, -0.2) is 15.9 Å². The smallest absolute Gasteiger partial charge is 0.252 e. The van der Waals surface area contributed by atoms with Crippen molar-refractivity contribution in [3.63, 3.8) is 0 Å². The number of aromatic nitrogens is 2. The molecule has 0 aliphatic carbocycles. The second kappa shape index (κ2) is 6.16.